The predicted octanol–water partition coefficient (Wildman–Crippen LogP) is 1.20. The first kappa shape index (κ1) is 15.5. The van der Waals surface area contributed by atoms with Crippen molar-refractivity contribution < 1.29 is 17.6 Å². The average Bonchev–Trinajstić information content (AvgIpc) is 2.63. The van der Waals surface area contributed by atoms with Gasteiger partial charge in [0.15, 0.2) is 0 Å². The van der Waals surface area contributed by atoms with Crippen molar-refractivity contribution >= 4 is 10.0 Å². The van der Waals surface area contributed by atoms with Crippen LogP contribution in [0.25, 0.3) is 0 Å². The summed E-state index contributed by atoms with van der Waals surface area (Å²) < 4.78 is 38.7. The number of nitrogens with one attached hydrogen (secondary N) is 1. The van der Waals surface area contributed by atoms with E-state index >= 15 is 0 Å². The minimum absolute atomic E-state index is 0.0672. The molecule has 7 heteroatoms. The van der Waals surface area contributed by atoms with Gasteiger partial charge in [-0.2, -0.15) is 0 Å². The zero-order valence-corrected chi connectivity index (χ0v) is 12.9. The van der Waals surface area contributed by atoms with Crippen LogP contribution in [0.4, 0.5) is 0 Å². The molecule has 1 aromatic rings. The van der Waals surface area contributed by atoms with Gasteiger partial charge in [0.05, 0.1) is 6.10 Å². The summed E-state index contributed by atoms with van der Waals surface area (Å²) in [6, 6.07) is -0.107. The second-order valence-electron chi connectivity index (χ2n) is 5.25. The number of hydrogen-bond acceptors (Lipinski definition) is 5. The second kappa shape index (κ2) is 5.85. The van der Waals surface area contributed by atoms with Gasteiger partial charge in [-0.1, -0.05) is 0 Å². The van der Waals surface area contributed by atoms with E-state index in [2.05, 4.69) is 4.72 Å². The molecule has 0 saturated carbocycles. The van der Waals surface area contributed by atoms with E-state index in [1.807, 2.05) is 6.92 Å². The monoisotopic (exact) mass is 302 g/mol. The highest BCUT2D eigenvalue weighted by Gasteiger charge is 2.30. The average molecular weight is 302 g/mol. The lowest BCUT2D eigenvalue weighted by Gasteiger charge is -2.27. The van der Waals surface area contributed by atoms with Crippen molar-refractivity contribution in [1.82, 2.24) is 4.72 Å². The third-order valence-electron chi connectivity index (χ3n) is 3.60. The van der Waals surface area contributed by atoms with Gasteiger partial charge < -0.3 is 14.9 Å². The lowest BCUT2D eigenvalue weighted by atomic mass is 10.1. The molecule has 1 aliphatic rings. The van der Waals surface area contributed by atoms with Crippen LogP contribution in [0.5, 0.6) is 0 Å². The number of ether oxygens (including phenoxy) is 1. The smallest absolute Gasteiger partial charge is 0.244 e. The summed E-state index contributed by atoms with van der Waals surface area (Å²) in [6.07, 6.45) is 1.42. The predicted molar refractivity (Wildman–Crippen MR) is 74.8 cm³/mol. The van der Waals surface area contributed by atoms with Crippen LogP contribution in [0, 0.1) is 13.8 Å². The quantitative estimate of drug-likeness (QED) is 0.871. The number of rotatable bonds is 4. The molecule has 1 aromatic heterocycles. The van der Waals surface area contributed by atoms with Gasteiger partial charge in [-0.05, 0) is 33.6 Å². The lowest BCUT2D eigenvalue weighted by molar-refractivity contribution is 0.0173. The Hall–Kier alpha value is -0.890. The summed E-state index contributed by atoms with van der Waals surface area (Å²) >= 11 is 0. The third kappa shape index (κ3) is 3.06. The molecule has 2 unspecified atom stereocenters. The fraction of sp³-hybridized carbons (Fsp3) is 0.692. The van der Waals surface area contributed by atoms with E-state index in [1.54, 1.807) is 13.8 Å². The van der Waals surface area contributed by atoms with Crippen molar-refractivity contribution in [2.45, 2.75) is 57.2 Å². The largest absolute Gasteiger partial charge is 0.465 e. The van der Waals surface area contributed by atoms with E-state index < -0.39 is 10.0 Å². The first-order valence-corrected chi connectivity index (χ1v) is 8.26. The highest BCUT2D eigenvalue weighted by Crippen LogP contribution is 2.27. The van der Waals surface area contributed by atoms with Gasteiger partial charge >= 0.3 is 0 Å². The van der Waals surface area contributed by atoms with Crippen molar-refractivity contribution in [3.05, 3.63) is 17.1 Å². The second-order valence-corrected chi connectivity index (χ2v) is 6.90. The molecule has 1 saturated heterocycles. The van der Waals surface area contributed by atoms with E-state index in [0.717, 1.165) is 0 Å². The number of hydrogen-bond donors (Lipinski definition) is 2. The van der Waals surface area contributed by atoms with E-state index in [-0.39, 0.29) is 23.6 Å². The third-order valence-corrected chi connectivity index (χ3v) is 5.32. The molecule has 114 valence electrons. The van der Waals surface area contributed by atoms with Crippen LogP contribution in [0.3, 0.4) is 0 Å². The van der Waals surface area contributed by atoms with Crippen molar-refractivity contribution in [2.75, 3.05) is 6.61 Å². The van der Waals surface area contributed by atoms with Crippen molar-refractivity contribution in [2.24, 2.45) is 5.73 Å². The van der Waals surface area contributed by atoms with Gasteiger partial charge in [-0.3, -0.25) is 0 Å². The summed E-state index contributed by atoms with van der Waals surface area (Å²) in [7, 11) is -3.62. The number of nitrogens with two attached hydrogens (primary N) is 1. The summed E-state index contributed by atoms with van der Waals surface area (Å²) in [5.41, 5.74) is 6.20. The maximum Gasteiger partial charge on any atom is 0.244 e. The summed E-state index contributed by atoms with van der Waals surface area (Å²) in [5.74, 6) is 0.946. The minimum atomic E-state index is -3.62. The zero-order chi connectivity index (χ0) is 14.9. The topological polar surface area (TPSA) is 94.6 Å². The summed E-state index contributed by atoms with van der Waals surface area (Å²) in [6.45, 7) is 6.03. The fourth-order valence-electron chi connectivity index (χ4n) is 2.68. The summed E-state index contributed by atoms with van der Waals surface area (Å²) in [4.78, 5) is 0.191. The first-order chi connectivity index (χ1) is 9.35. The molecule has 2 rings (SSSR count). The SMILES string of the molecule is Cc1oc(C)c(S(=O)(=O)NC2CCOC(C)C2)c1CN. The molecule has 0 radical (unpaired) electrons. The van der Waals surface area contributed by atoms with Crippen LogP contribution in [0.1, 0.15) is 36.8 Å². The van der Waals surface area contributed by atoms with Crippen molar-refractivity contribution in [3.63, 3.8) is 0 Å². The Morgan fingerprint density at radius 2 is 2.05 bits per heavy atom. The fourth-order valence-corrected chi connectivity index (χ4v) is 4.42. The number of furan rings is 1. The van der Waals surface area contributed by atoms with Crippen LogP contribution in [-0.2, 0) is 21.3 Å². The molecule has 2 heterocycles. The van der Waals surface area contributed by atoms with Crippen molar-refractivity contribution in [1.29, 1.82) is 0 Å². The van der Waals surface area contributed by atoms with Crippen LogP contribution < -0.4 is 10.5 Å². The lowest BCUT2D eigenvalue weighted by Crippen LogP contribution is -2.41. The Morgan fingerprint density at radius 3 is 2.65 bits per heavy atom. The highest BCUT2D eigenvalue weighted by molar-refractivity contribution is 7.89. The van der Waals surface area contributed by atoms with Gasteiger partial charge in [0.2, 0.25) is 10.0 Å². The van der Waals surface area contributed by atoms with Crippen LogP contribution in [-0.4, -0.2) is 27.2 Å². The van der Waals surface area contributed by atoms with Gasteiger partial charge in [0.1, 0.15) is 16.4 Å². The molecule has 1 aliphatic heterocycles. The molecule has 3 N–H and O–H groups in total. The number of aryl methyl sites for hydroxylation is 2. The zero-order valence-electron chi connectivity index (χ0n) is 12.1. The Labute approximate surface area is 119 Å². The molecule has 6 nitrogen and oxygen atoms in total. The normalized spacial score (nSPS) is 24.0. The maximum absolute atomic E-state index is 12.6. The maximum atomic E-state index is 12.6. The van der Waals surface area contributed by atoms with Crippen LogP contribution in [0.15, 0.2) is 9.31 Å². The molecule has 0 spiro atoms. The van der Waals surface area contributed by atoms with E-state index in [1.165, 1.54) is 0 Å². The molecular formula is C13H22N2O4S. The molecule has 0 amide bonds. The molecule has 0 aromatic carbocycles. The Balaban J connectivity index is 2.26. The van der Waals surface area contributed by atoms with Gasteiger partial charge in [0, 0.05) is 24.8 Å². The van der Waals surface area contributed by atoms with Gasteiger partial charge in [0.25, 0.3) is 0 Å². The molecule has 1 fully saturated rings. The summed E-state index contributed by atoms with van der Waals surface area (Å²) in [5, 5.41) is 0. The Morgan fingerprint density at radius 1 is 1.35 bits per heavy atom. The number of sulfonamides is 1. The minimum Gasteiger partial charge on any atom is -0.465 e. The molecule has 0 bridgehead atoms. The van der Waals surface area contributed by atoms with Gasteiger partial charge in [-0.25, -0.2) is 13.1 Å². The van der Waals surface area contributed by atoms with E-state index in [9.17, 15) is 8.42 Å². The van der Waals surface area contributed by atoms with Gasteiger partial charge in [-0.15, -0.1) is 0 Å². The molecular weight excluding hydrogens is 280 g/mol. The van der Waals surface area contributed by atoms with Crippen molar-refractivity contribution in [3.8, 4) is 0 Å². The van der Waals surface area contributed by atoms with E-state index in [0.29, 0.717) is 36.5 Å². The molecule has 2 atom stereocenters. The Kier molecular flexibility index (Phi) is 4.53. The highest BCUT2D eigenvalue weighted by atomic mass is 32.2. The molecule has 20 heavy (non-hydrogen) atoms. The standard InChI is InChI=1S/C13H22N2O4S/c1-8-6-11(4-5-18-8)15-20(16,17)13-10(3)19-9(2)12(13)7-14/h8,11,15H,4-7,14H2,1-3H3. The van der Waals surface area contributed by atoms with E-state index in [4.69, 9.17) is 14.9 Å². The first-order valence-electron chi connectivity index (χ1n) is 6.78. The van der Waals surface area contributed by atoms with Crippen LogP contribution in [0.2, 0.25) is 0 Å². The Bertz CT molecular complexity index is 579. The molecule has 0 aliphatic carbocycles. The van der Waals surface area contributed by atoms with Crippen LogP contribution >= 0.6 is 0 Å².